The second-order valence-electron chi connectivity index (χ2n) is 5.69. The van der Waals surface area contributed by atoms with Gasteiger partial charge >= 0.3 is 5.97 Å². The summed E-state index contributed by atoms with van der Waals surface area (Å²) in [6.45, 7) is 8.50. The van der Waals surface area contributed by atoms with Crippen LogP contribution < -0.4 is 0 Å². The molecule has 4 heteroatoms. The Balaban J connectivity index is 2.32. The van der Waals surface area contributed by atoms with Gasteiger partial charge < -0.3 is 9.67 Å². The smallest absolute Gasteiger partial charge is 0.308 e. The van der Waals surface area contributed by atoms with Gasteiger partial charge in [0.2, 0.25) is 0 Å². The van der Waals surface area contributed by atoms with Crippen molar-refractivity contribution in [1.29, 1.82) is 0 Å². The molecule has 0 fully saturated rings. The lowest BCUT2D eigenvalue weighted by Gasteiger charge is -2.18. The molecule has 4 nitrogen and oxygen atoms in total. The fraction of sp³-hybridized carbons (Fsp3) is 0.412. The van der Waals surface area contributed by atoms with Gasteiger partial charge in [-0.05, 0) is 30.5 Å². The number of nitrogens with zero attached hydrogens (tertiary/aromatic N) is 2. The maximum Gasteiger partial charge on any atom is 0.308 e. The van der Waals surface area contributed by atoms with E-state index in [4.69, 9.17) is 5.11 Å². The number of aromatic nitrogens is 2. The molecule has 2 unspecified atom stereocenters. The molecular weight excluding hydrogens is 264 g/mol. The Labute approximate surface area is 125 Å². The summed E-state index contributed by atoms with van der Waals surface area (Å²) in [6.07, 6.45) is 3.60. The van der Waals surface area contributed by atoms with Crippen molar-refractivity contribution in [1.82, 2.24) is 9.55 Å². The largest absolute Gasteiger partial charge is 0.481 e. The van der Waals surface area contributed by atoms with E-state index in [-0.39, 0.29) is 5.92 Å². The minimum Gasteiger partial charge on any atom is -0.481 e. The van der Waals surface area contributed by atoms with E-state index in [1.54, 1.807) is 13.1 Å². The Hall–Kier alpha value is -2.10. The van der Waals surface area contributed by atoms with Crippen molar-refractivity contribution < 1.29 is 9.90 Å². The second-order valence-corrected chi connectivity index (χ2v) is 5.69. The lowest BCUT2D eigenvalue weighted by atomic mass is 9.93. The zero-order chi connectivity index (χ0) is 15.6. The van der Waals surface area contributed by atoms with E-state index < -0.39 is 11.9 Å². The zero-order valence-corrected chi connectivity index (χ0v) is 13.0. The Bertz CT molecular complexity index is 646. The molecule has 0 spiro atoms. The number of benzene rings is 1. The first kappa shape index (κ1) is 15.3. The van der Waals surface area contributed by atoms with E-state index in [9.17, 15) is 4.79 Å². The average molecular weight is 286 g/mol. The quantitative estimate of drug-likeness (QED) is 0.916. The van der Waals surface area contributed by atoms with Gasteiger partial charge in [-0.25, -0.2) is 4.98 Å². The first-order chi connectivity index (χ1) is 9.91. The number of hydrogen-bond donors (Lipinski definition) is 1. The molecule has 112 valence electrons. The van der Waals surface area contributed by atoms with Gasteiger partial charge in [-0.2, -0.15) is 0 Å². The number of imidazole rings is 1. The number of aryl methyl sites for hydroxylation is 1. The van der Waals surface area contributed by atoms with Crippen LogP contribution in [0.4, 0.5) is 0 Å². The van der Waals surface area contributed by atoms with Crippen LogP contribution in [-0.4, -0.2) is 20.6 Å². The van der Waals surface area contributed by atoms with Crippen molar-refractivity contribution in [2.24, 2.45) is 5.92 Å². The number of carboxylic acid groups (broad SMARTS) is 1. The lowest BCUT2D eigenvalue weighted by Crippen LogP contribution is -2.19. The molecule has 2 rings (SSSR count). The van der Waals surface area contributed by atoms with Crippen LogP contribution in [0.5, 0.6) is 0 Å². The van der Waals surface area contributed by atoms with Crippen molar-refractivity contribution in [3.05, 3.63) is 53.1 Å². The molecule has 2 aromatic rings. The third-order valence-corrected chi connectivity index (χ3v) is 4.14. The monoisotopic (exact) mass is 286 g/mol. The van der Waals surface area contributed by atoms with Gasteiger partial charge in [-0.15, -0.1) is 0 Å². The van der Waals surface area contributed by atoms with Crippen LogP contribution in [-0.2, 0) is 11.3 Å². The minimum atomic E-state index is -0.783. The van der Waals surface area contributed by atoms with Gasteiger partial charge in [0, 0.05) is 24.9 Å². The molecule has 0 bridgehead atoms. The maximum atomic E-state index is 11.0. The molecule has 0 aliphatic carbocycles. The topological polar surface area (TPSA) is 55.1 Å². The maximum absolute atomic E-state index is 11.0. The van der Waals surface area contributed by atoms with Crippen molar-refractivity contribution in [2.75, 3.05) is 0 Å². The summed E-state index contributed by atoms with van der Waals surface area (Å²) < 4.78 is 1.95. The third-order valence-electron chi connectivity index (χ3n) is 4.14. The van der Waals surface area contributed by atoms with Crippen molar-refractivity contribution in [2.45, 2.75) is 40.2 Å². The number of hydrogen-bond acceptors (Lipinski definition) is 2. The van der Waals surface area contributed by atoms with E-state index in [2.05, 4.69) is 44.0 Å². The van der Waals surface area contributed by atoms with Gasteiger partial charge in [0.15, 0.2) is 0 Å². The lowest BCUT2D eigenvalue weighted by molar-refractivity contribution is -0.141. The predicted molar refractivity (Wildman–Crippen MR) is 82.5 cm³/mol. The van der Waals surface area contributed by atoms with E-state index in [0.29, 0.717) is 6.54 Å². The number of carbonyl (C=O) groups is 1. The van der Waals surface area contributed by atoms with Crippen LogP contribution in [0, 0.1) is 19.8 Å². The number of aliphatic carboxylic acids is 1. The molecule has 21 heavy (non-hydrogen) atoms. The molecule has 1 heterocycles. The van der Waals surface area contributed by atoms with Crippen LogP contribution in [0.3, 0.4) is 0 Å². The Morgan fingerprint density at radius 1 is 1.33 bits per heavy atom. The normalized spacial score (nSPS) is 13.9. The molecule has 0 saturated heterocycles. The highest BCUT2D eigenvalue weighted by atomic mass is 16.4. The second kappa shape index (κ2) is 6.12. The van der Waals surface area contributed by atoms with Crippen molar-refractivity contribution >= 4 is 5.97 Å². The number of carboxylic acids is 1. The average Bonchev–Trinajstić information content (AvgIpc) is 2.89. The van der Waals surface area contributed by atoms with Gasteiger partial charge in [-0.3, -0.25) is 4.79 Å². The van der Waals surface area contributed by atoms with Gasteiger partial charge in [0.05, 0.1) is 5.92 Å². The van der Waals surface area contributed by atoms with Gasteiger partial charge in [-0.1, -0.05) is 32.0 Å². The van der Waals surface area contributed by atoms with E-state index in [1.807, 2.05) is 10.8 Å². The Morgan fingerprint density at radius 3 is 2.71 bits per heavy atom. The highest BCUT2D eigenvalue weighted by Crippen LogP contribution is 2.27. The zero-order valence-electron chi connectivity index (χ0n) is 13.0. The van der Waals surface area contributed by atoms with Crippen molar-refractivity contribution in [3.8, 4) is 0 Å². The molecule has 1 N–H and O–H groups in total. The molecule has 0 radical (unpaired) electrons. The Kier molecular flexibility index (Phi) is 4.46. The standard InChI is InChI=1S/C17H22N2O2/c1-11-6-5-7-15(13(11)3)14(4)16-18-8-9-19(16)10-12(2)17(20)21/h5-9,12,14H,10H2,1-4H3,(H,20,21). The summed E-state index contributed by atoms with van der Waals surface area (Å²) in [5.41, 5.74) is 3.77. The highest BCUT2D eigenvalue weighted by molar-refractivity contribution is 5.69. The Morgan fingerprint density at radius 2 is 2.05 bits per heavy atom. The summed E-state index contributed by atoms with van der Waals surface area (Å²) in [6, 6.07) is 6.28. The van der Waals surface area contributed by atoms with E-state index in [0.717, 1.165) is 5.82 Å². The molecule has 0 aliphatic rings. The summed E-state index contributed by atoms with van der Waals surface area (Å²) >= 11 is 0. The molecule has 0 saturated carbocycles. The first-order valence-electron chi connectivity index (χ1n) is 7.21. The summed E-state index contributed by atoms with van der Waals surface area (Å²) in [4.78, 5) is 15.5. The van der Waals surface area contributed by atoms with Crippen molar-refractivity contribution in [3.63, 3.8) is 0 Å². The third kappa shape index (κ3) is 3.15. The fourth-order valence-electron chi connectivity index (χ4n) is 2.61. The molecule has 0 aliphatic heterocycles. The van der Waals surface area contributed by atoms with E-state index in [1.165, 1.54) is 16.7 Å². The summed E-state index contributed by atoms with van der Waals surface area (Å²) in [7, 11) is 0. The molecule has 1 aromatic carbocycles. The molecular formula is C17H22N2O2. The van der Waals surface area contributed by atoms with Crippen LogP contribution in [0.1, 0.15) is 42.3 Å². The predicted octanol–water partition coefficient (Wildman–Crippen LogP) is 3.37. The summed E-state index contributed by atoms with van der Waals surface area (Å²) in [5.74, 6) is -0.157. The van der Waals surface area contributed by atoms with Crippen LogP contribution in [0.2, 0.25) is 0 Å². The van der Waals surface area contributed by atoms with Crippen LogP contribution in [0.25, 0.3) is 0 Å². The molecule has 2 atom stereocenters. The van der Waals surface area contributed by atoms with Crippen LogP contribution in [0.15, 0.2) is 30.6 Å². The SMILES string of the molecule is Cc1cccc(C(C)c2nccn2CC(C)C(=O)O)c1C. The van der Waals surface area contributed by atoms with Gasteiger partial charge in [0.1, 0.15) is 5.82 Å². The minimum absolute atomic E-state index is 0.140. The van der Waals surface area contributed by atoms with E-state index >= 15 is 0 Å². The van der Waals surface area contributed by atoms with Crippen LogP contribution >= 0.6 is 0 Å². The number of rotatable bonds is 5. The summed E-state index contributed by atoms with van der Waals surface area (Å²) in [5, 5.41) is 9.07. The molecule has 0 amide bonds. The highest BCUT2D eigenvalue weighted by Gasteiger charge is 2.19. The fourth-order valence-corrected chi connectivity index (χ4v) is 2.61. The van der Waals surface area contributed by atoms with Gasteiger partial charge in [0.25, 0.3) is 0 Å². The first-order valence-corrected chi connectivity index (χ1v) is 7.21. The molecule has 1 aromatic heterocycles.